The minimum Gasteiger partial charge on any atom is -0.395 e. The lowest BCUT2D eigenvalue weighted by Gasteiger charge is -2.22. The summed E-state index contributed by atoms with van der Waals surface area (Å²) in [4.78, 5) is -0.837. The highest BCUT2D eigenvalue weighted by atomic mass is 32.2. The summed E-state index contributed by atoms with van der Waals surface area (Å²) < 4.78 is 75.3. The molecule has 1 aromatic carbocycles. The number of hydrogen-bond acceptors (Lipinski definition) is 5. The van der Waals surface area contributed by atoms with Gasteiger partial charge in [0.1, 0.15) is 4.90 Å². The largest absolute Gasteiger partial charge is 0.395 e. The van der Waals surface area contributed by atoms with Gasteiger partial charge in [0, 0.05) is 27.3 Å². The molecule has 0 aliphatic rings. The monoisotopic (exact) mass is 342 g/mol. The Morgan fingerprint density at radius 3 is 2.05 bits per heavy atom. The second kappa shape index (κ2) is 7.77. The Morgan fingerprint density at radius 1 is 1.09 bits per heavy atom. The van der Waals surface area contributed by atoms with E-state index in [9.17, 15) is 21.6 Å². The first-order valence-electron chi connectivity index (χ1n) is 6.18. The maximum absolute atomic E-state index is 13.5. The van der Waals surface area contributed by atoms with Crippen LogP contribution in [0.3, 0.4) is 0 Å². The molecule has 6 nitrogen and oxygen atoms in total. The van der Waals surface area contributed by atoms with E-state index in [1.165, 1.54) is 14.2 Å². The van der Waals surface area contributed by atoms with Gasteiger partial charge in [-0.3, -0.25) is 0 Å². The lowest BCUT2D eigenvalue weighted by atomic mass is 10.3. The molecule has 0 heterocycles. The van der Waals surface area contributed by atoms with Crippen LogP contribution >= 0.6 is 0 Å². The topological polar surface area (TPSA) is 81.9 Å². The predicted octanol–water partition coefficient (Wildman–Crippen LogP) is 0.970. The van der Waals surface area contributed by atoms with Gasteiger partial charge >= 0.3 is 0 Å². The Hall–Kier alpha value is -1.36. The molecule has 0 saturated heterocycles. The third-order valence-corrected chi connectivity index (χ3v) is 4.81. The van der Waals surface area contributed by atoms with Crippen LogP contribution in [-0.4, -0.2) is 53.2 Å². The van der Waals surface area contributed by atoms with Crippen LogP contribution in [0.2, 0.25) is 0 Å². The first-order chi connectivity index (χ1) is 10.3. The van der Waals surface area contributed by atoms with Crippen molar-refractivity contribution >= 4 is 15.7 Å². The average molecular weight is 342 g/mol. The van der Waals surface area contributed by atoms with Gasteiger partial charge in [-0.15, -0.1) is 0 Å². The van der Waals surface area contributed by atoms with Gasteiger partial charge in [-0.2, -0.15) is 4.31 Å². The number of hydrogen-bond donors (Lipinski definition) is 1. The molecule has 0 amide bonds. The summed E-state index contributed by atoms with van der Waals surface area (Å²) in [5.74, 6) is -5.20. The van der Waals surface area contributed by atoms with E-state index in [0.29, 0.717) is 6.07 Å². The van der Waals surface area contributed by atoms with Crippen LogP contribution in [0, 0.1) is 17.5 Å². The van der Waals surface area contributed by atoms with Gasteiger partial charge in [0.05, 0.1) is 18.9 Å². The summed E-state index contributed by atoms with van der Waals surface area (Å²) in [6.45, 7) is -0.0610. The number of rotatable bonds is 8. The molecule has 126 valence electrons. The van der Waals surface area contributed by atoms with Gasteiger partial charge in [-0.05, 0) is 6.07 Å². The van der Waals surface area contributed by atoms with Crippen LogP contribution < -0.4 is 5.73 Å². The van der Waals surface area contributed by atoms with Gasteiger partial charge in [-0.1, -0.05) is 0 Å². The molecule has 0 spiro atoms. The Kier molecular flexibility index (Phi) is 6.60. The number of benzene rings is 1. The average Bonchev–Trinajstić information content (AvgIpc) is 2.48. The highest BCUT2D eigenvalue weighted by Gasteiger charge is 2.30. The van der Waals surface area contributed by atoms with E-state index in [0.717, 1.165) is 4.31 Å². The van der Waals surface area contributed by atoms with Gasteiger partial charge in [-0.25, -0.2) is 21.6 Å². The number of sulfonamides is 1. The van der Waals surface area contributed by atoms with Crippen molar-refractivity contribution in [3.8, 4) is 0 Å². The molecule has 10 heteroatoms. The summed E-state index contributed by atoms with van der Waals surface area (Å²) in [7, 11) is -1.60. The second-order valence-corrected chi connectivity index (χ2v) is 6.19. The maximum Gasteiger partial charge on any atom is 0.245 e. The maximum atomic E-state index is 13.5. The van der Waals surface area contributed by atoms with Crippen molar-refractivity contribution in [2.24, 2.45) is 0 Å². The zero-order valence-corrected chi connectivity index (χ0v) is 12.9. The predicted molar refractivity (Wildman–Crippen MR) is 73.2 cm³/mol. The van der Waals surface area contributed by atoms with Crippen LogP contribution in [0.4, 0.5) is 18.9 Å². The summed E-state index contributed by atoms with van der Waals surface area (Å²) in [5, 5.41) is 0. The summed E-state index contributed by atoms with van der Waals surface area (Å²) in [5.41, 5.74) is 4.31. The number of nitrogens with two attached hydrogens (primary N) is 1. The number of nitrogen functional groups attached to an aromatic ring is 1. The van der Waals surface area contributed by atoms with Crippen LogP contribution in [0.5, 0.6) is 0 Å². The van der Waals surface area contributed by atoms with E-state index >= 15 is 0 Å². The molecule has 0 aliphatic carbocycles. The fourth-order valence-electron chi connectivity index (χ4n) is 1.68. The van der Waals surface area contributed by atoms with Crippen LogP contribution in [0.15, 0.2) is 11.0 Å². The first-order valence-corrected chi connectivity index (χ1v) is 7.62. The molecular formula is C12H17F3N2O4S. The number of ether oxygens (including phenoxy) is 2. The standard InChI is InChI=1S/C12H17F3N2O4S/c1-20-5-3-17(4-6-21-2)22(18,19)9-7-8(13)10(14)11(15)12(9)16/h7H,3-6,16H2,1-2H3. The molecule has 1 rings (SSSR count). The molecule has 0 unspecified atom stereocenters. The van der Waals surface area contributed by atoms with Crippen LogP contribution in [0.25, 0.3) is 0 Å². The summed E-state index contributed by atoms with van der Waals surface area (Å²) >= 11 is 0. The smallest absolute Gasteiger partial charge is 0.245 e. The molecule has 0 radical (unpaired) electrons. The molecule has 0 atom stereocenters. The second-order valence-electron chi connectivity index (χ2n) is 4.29. The van der Waals surface area contributed by atoms with Gasteiger partial charge in [0.25, 0.3) is 0 Å². The molecule has 0 saturated carbocycles. The summed E-state index contributed by atoms with van der Waals surface area (Å²) in [6.07, 6.45) is 0. The Morgan fingerprint density at radius 2 is 1.59 bits per heavy atom. The Balaban J connectivity index is 3.30. The highest BCUT2D eigenvalue weighted by Crippen LogP contribution is 2.28. The third-order valence-electron chi connectivity index (χ3n) is 2.87. The van der Waals surface area contributed by atoms with E-state index in [4.69, 9.17) is 15.2 Å². The molecule has 0 aromatic heterocycles. The molecular weight excluding hydrogens is 325 g/mol. The lowest BCUT2D eigenvalue weighted by molar-refractivity contribution is 0.150. The molecule has 1 aromatic rings. The van der Waals surface area contributed by atoms with E-state index in [-0.39, 0.29) is 26.3 Å². The minimum absolute atomic E-state index is 0.0506. The van der Waals surface area contributed by atoms with E-state index < -0.39 is 38.1 Å². The van der Waals surface area contributed by atoms with E-state index in [1.54, 1.807) is 0 Å². The number of nitrogens with zero attached hydrogens (tertiary/aromatic N) is 1. The summed E-state index contributed by atoms with van der Waals surface area (Å²) in [6, 6.07) is 0.357. The van der Waals surface area contributed by atoms with Crippen molar-refractivity contribution < 1.29 is 31.1 Å². The van der Waals surface area contributed by atoms with Crippen molar-refractivity contribution in [1.29, 1.82) is 0 Å². The van der Waals surface area contributed by atoms with Gasteiger partial charge in [0.2, 0.25) is 10.0 Å². The van der Waals surface area contributed by atoms with Crippen molar-refractivity contribution in [2.45, 2.75) is 4.90 Å². The van der Waals surface area contributed by atoms with E-state index in [2.05, 4.69) is 0 Å². The van der Waals surface area contributed by atoms with Gasteiger partial charge in [0.15, 0.2) is 17.5 Å². The number of halogens is 3. The molecule has 0 aliphatic heterocycles. The van der Waals surface area contributed by atoms with Crippen LogP contribution in [0.1, 0.15) is 0 Å². The lowest BCUT2D eigenvalue weighted by Crippen LogP contribution is -2.37. The quantitative estimate of drug-likeness (QED) is 0.562. The molecule has 0 fully saturated rings. The zero-order valence-electron chi connectivity index (χ0n) is 12.1. The van der Waals surface area contributed by atoms with Gasteiger partial charge < -0.3 is 15.2 Å². The number of methoxy groups -OCH3 is 2. The highest BCUT2D eigenvalue weighted by molar-refractivity contribution is 7.89. The Bertz CT molecular complexity index is 617. The van der Waals surface area contributed by atoms with Crippen molar-refractivity contribution in [1.82, 2.24) is 4.31 Å². The van der Waals surface area contributed by atoms with E-state index in [1.807, 2.05) is 0 Å². The minimum atomic E-state index is -4.34. The third kappa shape index (κ3) is 3.88. The molecule has 0 bridgehead atoms. The van der Waals surface area contributed by atoms with Crippen LogP contribution in [-0.2, 0) is 19.5 Å². The fourth-order valence-corrected chi connectivity index (χ4v) is 3.21. The normalized spacial score (nSPS) is 12.1. The van der Waals surface area contributed by atoms with Crippen molar-refractivity contribution in [3.05, 3.63) is 23.5 Å². The molecule has 22 heavy (non-hydrogen) atoms. The Labute approximate surface area is 126 Å². The first kappa shape index (κ1) is 18.7. The number of anilines is 1. The zero-order chi connectivity index (χ0) is 16.9. The molecule has 2 N–H and O–H groups in total. The van der Waals surface area contributed by atoms with Crippen molar-refractivity contribution in [2.75, 3.05) is 46.3 Å². The fraction of sp³-hybridized carbons (Fsp3) is 0.500. The SMILES string of the molecule is COCCN(CCOC)S(=O)(=O)c1cc(F)c(F)c(F)c1N. The van der Waals surface area contributed by atoms with Crippen molar-refractivity contribution in [3.63, 3.8) is 0 Å².